The van der Waals surface area contributed by atoms with E-state index in [1.165, 1.54) is 12.1 Å². The third-order valence-corrected chi connectivity index (χ3v) is 4.48. The number of morpholine rings is 1. The molecule has 0 unspecified atom stereocenters. The first-order valence-corrected chi connectivity index (χ1v) is 8.98. The number of carbonyl (C=O) groups excluding carboxylic acids is 1. The minimum atomic E-state index is -0.292. The minimum absolute atomic E-state index is 0.0123. The average Bonchev–Trinajstić information content (AvgIpc) is 2.67. The highest BCUT2D eigenvalue weighted by Gasteiger charge is 2.17. The summed E-state index contributed by atoms with van der Waals surface area (Å²) in [6.45, 7) is 2.32. The Kier molecular flexibility index (Phi) is 6.35. The Hall–Kier alpha value is -2.25. The molecule has 7 heteroatoms. The lowest BCUT2D eigenvalue weighted by molar-refractivity contribution is -0.137. The molecule has 1 fully saturated rings. The van der Waals surface area contributed by atoms with E-state index in [4.69, 9.17) is 9.47 Å². The Morgan fingerprint density at radius 2 is 1.96 bits per heavy atom. The maximum absolute atomic E-state index is 12.9. The molecule has 1 aliphatic rings. The van der Waals surface area contributed by atoms with Gasteiger partial charge < -0.3 is 14.4 Å². The van der Waals surface area contributed by atoms with Crippen LogP contribution in [0.5, 0.6) is 5.75 Å². The Bertz CT molecular complexity index is 790. The molecule has 0 bridgehead atoms. The fraction of sp³-hybridized carbons (Fsp3) is 0.263. The summed E-state index contributed by atoms with van der Waals surface area (Å²) in [7, 11) is 0. The Morgan fingerprint density at radius 1 is 1.23 bits per heavy atom. The fourth-order valence-electron chi connectivity index (χ4n) is 2.43. The van der Waals surface area contributed by atoms with Crippen LogP contribution in [-0.4, -0.2) is 49.9 Å². The van der Waals surface area contributed by atoms with Crippen LogP contribution in [0.15, 0.2) is 51.9 Å². The van der Waals surface area contributed by atoms with Gasteiger partial charge in [0, 0.05) is 19.3 Å². The lowest BCUT2D eigenvalue weighted by atomic mass is 10.2. The number of hydrogen-bond donors (Lipinski definition) is 0. The molecule has 0 aromatic heterocycles. The molecule has 1 amide bonds. The van der Waals surface area contributed by atoms with E-state index in [0.29, 0.717) is 37.7 Å². The zero-order valence-electron chi connectivity index (χ0n) is 14.0. The molecule has 2 aromatic carbocycles. The maximum Gasteiger partial charge on any atom is 0.260 e. The topological polar surface area (TPSA) is 51.1 Å². The van der Waals surface area contributed by atoms with Gasteiger partial charge in [-0.25, -0.2) is 4.39 Å². The molecule has 0 atom stereocenters. The van der Waals surface area contributed by atoms with E-state index >= 15 is 0 Å². The van der Waals surface area contributed by atoms with Crippen molar-refractivity contribution in [3.05, 3.63) is 58.3 Å². The number of aliphatic imine (C=N–C) groups is 1. The number of hydrogen-bond acceptors (Lipinski definition) is 4. The summed E-state index contributed by atoms with van der Waals surface area (Å²) < 4.78 is 24.5. The quantitative estimate of drug-likeness (QED) is 0.694. The molecule has 0 spiro atoms. The Labute approximate surface area is 159 Å². The van der Waals surface area contributed by atoms with Crippen LogP contribution in [-0.2, 0) is 9.53 Å². The number of nitrogens with zero attached hydrogens (tertiary/aromatic N) is 2. The van der Waals surface area contributed by atoms with Crippen molar-refractivity contribution in [3.8, 4) is 5.75 Å². The zero-order chi connectivity index (χ0) is 18.4. The smallest absolute Gasteiger partial charge is 0.260 e. The molecule has 0 saturated carbocycles. The standard InChI is InChI=1S/C19H18BrFN2O3/c20-17-11-14(12-22-16-4-2-15(21)3-5-16)1-6-18(17)26-13-19(24)23-7-9-25-10-8-23/h1-6,11-12H,7-10,13H2. The van der Waals surface area contributed by atoms with E-state index in [1.54, 1.807) is 29.3 Å². The van der Waals surface area contributed by atoms with Crippen LogP contribution in [0.2, 0.25) is 0 Å². The first kappa shape index (κ1) is 18.5. The van der Waals surface area contributed by atoms with Gasteiger partial charge in [0.2, 0.25) is 0 Å². The van der Waals surface area contributed by atoms with Crippen molar-refractivity contribution in [2.24, 2.45) is 4.99 Å². The van der Waals surface area contributed by atoms with E-state index < -0.39 is 0 Å². The summed E-state index contributed by atoms with van der Waals surface area (Å²) in [5, 5.41) is 0. The molecule has 0 N–H and O–H groups in total. The summed E-state index contributed by atoms with van der Waals surface area (Å²) >= 11 is 3.45. The Balaban J connectivity index is 1.58. The first-order chi connectivity index (χ1) is 12.6. The fourth-order valence-corrected chi connectivity index (χ4v) is 2.95. The predicted molar refractivity (Wildman–Crippen MR) is 101 cm³/mol. The van der Waals surface area contributed by atoms with Gasteiger partial charge in [-0.1, -0.05) is 0 Å². The zero-order valence-corrected chi connectivity index (χ0v) is 15.6. The number of benzene rings is 2. The number of halogens is 2. The molecule has 2 aromatic rings. The molecule has 3 rings (SSSR count). The van der Waals surface area contributed by atoms with E-state index in [0.717, 1.165) is 10.0 Å². The van der Waals surface area contributed by atoms with Gasteiger partial charge in [-0.3, -0.25) is 9.79 Å². The number of carbonyl (C=O) groups is 1. The van der Waals surface area contributed by atoms with Crippen LogP contribution in [0.3, 0.4) is 0 Å². The van der Waals surface area contributed by atoms with Crippen LogP contribution in [0.25, 0.3) is 0 Å². The van der Waals surface area contributed by atoms with Crippen LogP contribution < -0.4 is 4.74 Å². The molecule has 1 saturated heterocycles. The lowest BCUT2D eigenvalue weighted by Gasteiger charge is -2.26. The monoisotopic (exact) mass is 420 g/mol. The third-order valence-electron chi connectivity index (χ3n) is 3.86. The highest BCUT2D eigenvalue weighted by atomic mass is 79.9. The van der Waals surface area contributed by atoms with Gasteiger partial charge in [0.15, 0.2) is 6.61 Å². The molecule has 1 aliphatic heterocycles. The third kappa shape index (κ3) is 5.12. The van der Waals surface area contributed by atoms with Crippen LogP contribution >= 0.6 is 15.9 Å². The first-order valence-electron chi connectivity index (χ1n) is 8.19. The van der Waals surface area contributed by atoms with Gasteiger partial charge >= 0.3 is 0 Å². The molecule has 5 nitrogen and oxygen atoms in total. The summed E-state index contributed by atoms with van der Waals surface area (Å²) in [4.78, 5) is 18.2. The normalized spacial score (nSPS) is 14.6. The van der Waals surface area contributed by atoms with Gasteiger partial charge in [0.25, 0.3) is 5.91 Å². The van der Waals surface area contributed by atoms with Crippen LogP contribution in [0.4, 0.5) is 10.1 Å². The number of amides is 1. The van der Waals surface area contributed by atoms with E-state index in [1.807, 2.05) is 12.1 Å². The number of rotatable bonds is 5. The molecule has 0 aliphatic carbocycles. The molecule has 0 radical (unpaired) electrons. The lowest BCUT2D eigenvalue weighted by Crippen LogP contribution is -2.43. The van der Waals surface area contributed by atoms with Crippen LogP contribution in [0, 0.1) is 5.82 Å². The number of ether oxygens (including phenoxy) is 2. The van der Waals surface area contributed by atoms with Gasteiger partial charge in [0.1, 0.15) is 11.6 Å². The molecule has 26 heavy (non-hydrogen) atoms. The van der Waals surface area contributed by atoms with Crippen molar-refractivity contribution in [1.82, 2.24) is 4.90 Å². The second kappa shape index (κ2) is 8.91. The molecular formula is C19H18BrFN2O3. The van der Waals surface area contributed by atoms with Crippen molar-refractivity contribution < 1.29 is 18.7 Å². The predicted octanol–water partition coefficient (Wildman–Crippen LogP) is 3.58. The Morgan fingerprint density at radius 3 is 2.65 bits per heavy atom. The van der Waals surface area contributed by atoms with E-state index in [-0.39, 0.29) is 18.3 Å². The van der Waals surface area contributed by atoms with Gasteiger partial charge in [0.05, 0.1) is 23.4 Å². The van der Waals surface area contributed by atoms with E-state index in [2.05, 4.69) is 20.9 Å². The SMILES string of the molecule is O=C(COc1ccc(C=Nc2ccc(F)cc2)cc1Br)N1CCOCC1. The summed E-state index contributed by atoms with van der Waals surface area (Å²) in [5.74, 6) is 0.243. The van der Waals surface area contributed by atoms with Gasteiger partial charge in [-0.05, 0) is 64.0 Å². The highest BCUT2D eigenvalue weighted by molar-refractivity contribution is 9.10. The molecule has 1 heterocycles. The summed E-state index contributed by atoms with van der Waals surface area (Å²) in [6, 6.07) is 11.4. The van der Waals surface area contributed by atoms with Crippen molar-refractivity contribution in [1.29, 1.82) is 0 Å². The summed E-state index contributed by atoms with van der Waals surface area (Å²) in [5.41, 5.74) is 1.52. The van der Waals surface area contributed by atoms with Gasteiger partial charge in [-0.2, -0.15) is 0 Å². The minimum Gasteiger partial charge on any atom is -0.483 e. The summed E-state index contributed by atoms with van der Waals surface area (Å²) in [6.07, 6.45) is 1.68. The van der Waals surface area contributed by atoms with Crippen molar-refractivity contribution >= 4 is 33.7 Å². The average molecular weight is 421 g/mol. The van der Waals surface area contributed by atoms with E-state index in [9.17, 15) is 9.18 Å². The van der Waals surface area contributed by atoms with Crippen molar-refractivity contribution in [2.45, 2.75) is 0 Å². The highest BCUT2D eigenvalue weighted by Crippen LogP contribution is 2.26. The largest absolute Gasteiger partial charge is 0.483 e. The molecular weight excluding hydrogens is 403 g/mol. The second-order valence-corrected chi connectivity index (χ2v) is 6.56. The van der Waals surface area contributed by atoms with Gasteiger partial charge in [-0.15, -0.1) is 0 Å². The van der Waals surface area contributed by atoms with Crippen LogP contribution in [0.1, 0.15) is 5.56 Å². The second-order valence-electron chi connectivity index (χ2n) is 5.71. The molecule has 136 valence electrons. The van der Waals surface area contributed by atoms with Crippen molar-refractivity contribution in [3.63, 3.8) is 0 Å². The maximum atomic E-state index is 12.9. The van der Waals surface area contributed by atoms with Crippen molar-refractivity contribution in [2.75, 3.05) is 32.9 Å².